The van der Waals surface area contributed by atoms with Crippen molar-refractivity contribution < 1.29 is 14.0 Å². The molecule has 4 nitrogen and oxygen atoms in total. The van der Waals surface area contributed by atoms with Crippen molar-refractivity contribution in [2.75, 3.05) is 0 Å². The fourth-order valence-electron chi connectivity index (χ4n) is 3.73. The van der Waals surface area contributed by atoms with Crippen molar-refractivity contribution in [2.45, 2.75) is 0 Å². The number of aryl methyl sites for hydroxylation is 1. The van der Waals surface area contributed by atoms with Gasteiger partial charge in [0.05, 0.1) is 22.9 Å². The first-order chi connectivity index (χ1) is 12.2. The molecule has 0 radical (unpaired) electrons. The Hall–Kier alpha value is -3.40. The highest BCUT2D eigenvalue weighted by atomic mass is 16.3. The molecular formula is C21H13NO3. The number of carbonyl (C=O) groups is 2. The summed E-state index contributed by atoms with van der Waals surface area (Å²) in [5, 5.41) is 2.04. The average Bonchev–Trinajstić information content (AvgIpc) is 3.26. The maximum absolute atomic E-state index is 13.2. The van der Waals surface area contributed by atoms with Crippen LogP contribution in [-0.2, 0) is 7.05 Å². The molecule has 1 aliphatic rings. The second-order valence-electron chi connectivity index (χ2n) is 6.19. The quantitative estimate of drug-likeness (QED) is 0.521. The number of carbonyl (C=O) groups excluding carboxylic acids is 2. The predicted molar refractivity (Wildman–Crippen MR) is 95.8 cm³/mol. The number of Topliss-reactive ketones (excluding diaryl/α,β-unsaturated/α-hetero) is 1. The molecule has 0 fully saturated rings. The van der Waals surface area contributed by atoms with Gasteiger partial charge in [-0.1, -0.05) is 24.3 Å². The van der Waals surface area contributed by atoms with E-state index in [9.17, 15) is 9.59 Å². The van der Waals surface area contributed by atoms with Gasteiger partial charge in [0.25, 0.3) is 0 Å². The van der Waals surface area contributed by atoms with Crippen LogP contribution >= 0.6 is 0 Å². The molecule has 0 unspecified atom stereocenters. The van der Waals surface area contributed by atoms with E-state index in [1.807, 2.05) is 41.9 Å². The van der Waals surface area contributed by atoms with Gasteiger partial charge in [-0.15, -0.1) is 0 Å². The third-order valence-electron chi connectivity index (χ3n) is 4.87. The van der Waals surface area contributed by atoms with Gasteiger partial charge in [0.15, 0.2) is 11.6 Å². The Morgan fingerprint density at radius 1 is 0.920 bits per heavy atom. The Kier molecular flexibility index (Phi) is 2.69. The second-order valence-corrected chi connectivity index (χ2v) is 6.19. The Labute approximate surface area is 143 Å². The fraction of sp³-hybridized carbons (Fsp3) is 0.0476. The van der Waals surface area contributed by atoms with Gasteiger partial charge < -0.3 is 8.98 Å². The number of hydrogen-bond donors (Lipinski definition) is 0. The van der Waals surface area contributed by atoms with Crippen molar-refractivity contribution >= 4 is 38.9 Å². The van der Waals surface area contributed by atoms with Crippen LogP contribution < -0.4 is 0 Å². The average molecular weight is 327 g/mol. The van der Waals surface area contributed by atoms with Crippen LogP contribution in [0.15, 0.2) is 65.3 Å². The SMILES string of the molecule is Cn1c2ccccc2c2ccc3c(c21)C(=O)C(c1ccco1)=CC3=O. The van der Waals surface area contributed by atoms with Crippen LogP contribution in [0, 0.1) is 0 Å². The van der Waals surface area contributed by atoms with Crippen LogP contribution in [0.1, 0.15) is 26.5 Å². The van der Waals surface area contributed by atoms with Gasteiger partial charge in [-0.25, -0.2) is 0 Å². The molecular weight excluding hydrogens is 314 g/mol. The maximum Gasteiger partial charge on any atom is 0.199 e. The minimum absolute atomic E-state index is 0.173. The van der Waals surface area contributed by atoms with Gasteiger partial charge in [-0.2, -0.15) is 0 Å². The normalized spacial score (nSPS) is 14.2. The fourth-order valence-corrected chi connectivity index (χ4v) is 3.73. The molecule has 25 heavy (non-hydrogen) atoms. The molecule has 0 amide bonds. The first kappa shape index (κ1) is 14.0. The lowest BCUT2D eigenvalue weighted by Gasteiger charge is -2.16. The monoisotopic (exact) mass is 327 g/mol. The molecule has 2 aromatic carbocycles. The first-order valence-corrected chi connectivity index (χ1v) is 8.01. The molecule has 0 spiro atoms. The zero-order valence-corrected chi connectivity index (χ0v) is 13.4. The largest absolute Gasteiger partial charge is 0.464 e. The smallest absolute Gasteiger partial charge is 0.199 e. The van der Waals surface area contributed by atoms with Gasteiger partial charge >= 0.3 is 0 Å². The molecule has 0 N–H and O–H groups in total. The number of furan rings is 1. The summed E-state index contributed by atoms with van der Waals surface area (Å²) in [5.41, 5.74) is 3.02. The Bertz CT molecular complexity index is 1220. The Morgan fingerprint density at radius 3 is 2.56 bits per heavy atom. The minimum Gasteiger partial charge on any atom is -0.464 e. The summed E-state index contributed by atoms with van der Waals surface area (Å²) in [6.07, 6.45) is 2.87. The number of para-hydroxylation sites is 1. The third-order valence-corrected chi connectivity index (χ3v) is 4.87. The van der Waals surface area contributed by atoms with Crippen LogP contribution in [0.25, 0.3) is 27.4 Å². The molecule has 0 saturated carbocycles. The number of hydrogen-bond acceptors (Lipinski definition) is 3. The van der Waals surface area contributed by atoms with Crippen LogP contribution in [0.2, 0.25) is 0 Å². The molecule has 120 valence electrons. The van der Waals surface area contributed by atoms with E-state index in [1.165, 1.54) is 12.3 Å². The highest BCUT2D eigenvalue weighted by molar-refractivity contribution is 6.41. The summed E-state index contributed by atoms with van der Waals surface area (Å²) >= 11 is 0. The van der Waals surface area contributed by atoms with Gasteiger partial charge in [-0.3, -0.25) is 9.59 Å². The maximum atomic E-state index is 13.2. The number of aromatic nitrogens is 1. The van der Waals surface area contributed by atoms with E-state index < -0.39 is 0 Å². The van der Waals surface area contributed by atoms with Crippen LogP contribution in [0.4, 0.5) is 0 Å². The topological polar surface area (TPSA) is 52.2 Å². The number of allylic oxidation sites excluding steroid dienone is 2. The summed E-state index contributed by atoms with van der Waals surface area (Å²) in [4.78, 5) is 25.8. The van der Waals surface area contributed by atoms with Gasteiger partial charge in [0.2, 0.25) is 0 Å². The number of benzene rings is 2. The van der Waals surface area contributed by atoms with Crippen molar-refractivity contribution in [3.63, 3.8) is 0 Å². The summed E-state index contributed by atoms with van der Waals surface area (Å²) < 4.78 is 7.35. The summed E-state index contributed by atoms with van der Waals surface area (Å²) in [6, 6.07) is 15.1. The van der Waals surface area contributed by atoms with Crippen LogP contribution in [0.5, 0.6) is 0 Å². The number of fused-ring (bicyclic) bond motifs is 5. The summed E-state index contributed by atoms with van der Waals surface area (Å²) in [7, 11) is 1.92. The molecule has 0 saturated heterocycles. The third kappa shape index (κ3) is 1.76. The van der Waals surface area contributed by atoms with E-state index in [4.69, 9.17) is 4.42 Å². The molecule has 4 aromatic rings. The second kappa shape index (κ2) is 4.80. The molecule has 0 bridgehead atoms. The summed E-state index contributed by atoms with van der Waals surface area (Å²) in [5.74, 6) is 0.0639. The molecule has 2 heterocycles. The molecule has 1 aliphatic carbocycles. The van der Waals surface area contributed by atoms with Crippen molar-refractivity contribution in [2.24, 2.45) is 7.05 Å². The highest BCUT2D eigenvalue weighted by Crippen LogP contribution is 2.37. The number of ketones is 2. The van der Waals surface area contributed by atoms with E-state index >= 15 is 0 Å². The highest BCUT2D eigenvalue weighted by Gasteiger charge is 2.31. The first-order valence-electron chi connectivity index (χ1n) is 8.01. The molecule has 0 aliphatic heterocycles. The van der Waals surface area contributed by atoms with E-state index in [1.54, 1.807) is 18.2 Å². The van der Waals surface area contributed by atoms with Gasteiger partial charge in [-0.05, 0) is 24.3 Å². The lowest BCUT2D eigenvalue weighted by atomic mass is 9.87. The van der Waals surface area contributed by atoms with Gasteiger partial charge in [0.1, 0.15) is 5.76 Å². The van der Waals surface area contributed by atoms with E-state index in [0.717, 1.165) is 21.8 Å². The van der Waals surface area contributed by atoms with Crippen molar-refractivity contribution in [3.05, 3.63) is 77.8 Å². The molecule has 2 aromatic heterocycles. The van der Waals surface area contributed by atoms with Crippen LogP contribution in [-0.4, -0.2) is 16.1 Å². The zero-order chi connectivity index (χ0) is 17.1. The van der Waals surface area contributed by atoms with Crippen molar-refractivity contribution in [3.8, 4) is 0 Å². The van der Waals surface area contributed by atoms with E-state index in [2.05, 4.69) is 0 Å². The standard InChI is InChI=1S/C21H13NO3/c1-22-16-6-3-2-5-12(16)13-8-9-14-17(23)11-15(18-7-4-10-25-18)21(24)19(14)20(13)22/h2-11H,1H3. The van der Waals surface area contributed by atoms with E-state index in [-0.39, 0.29) is 11.6 Å². The molecule has 0 atom stereocenters. The van der Waals surface area contributed by atoms with Crippen molar-refractivity contribution in [1.82, 2.24) is 4.57 Å². The lowest BCUT2D eigenvalue weighted by molar-refractivity contribution is 0.100. The summed E-state index contributed by atoms with van der Waals surface area (Å²) in [6.45, 7) is 0. The minimum atomic E-state index is -0.180. The van der Waals surface area contributed by atoms with Crippen LogP contribution in [0.3, 0.4) is 0 Å². The van der Waals surface area contributed by atoms with E-state index in [0.29, 0.717) is 22.5 Å². The zero-order valence-electron chi connectivity index (χ0n) is 13.4. The molecule has 5 rings (SSSR count). The molecule has 4 heteroatoms. The number of rotatable bonds is 1. The Morgan fingerprint density at radius 2 is 1.76 bits per heavy atom. The number of nitrogens with zero attached hydrogens (tertiary/aromatic N) is 1. The predicted octanol–water partition coefficient (Wildman–Crippen LogP) is 4.39. The van der Waals surface area contributed by atoms with Crippen molar-refractivity contribution in [1.29, 1.82) is 0 Å². The lowest BCUT2D eigenvalue weighted by Crippen LogP contribution is -2.17. The Balaban J connectivity index is 1.90. The van der Waals surface area contributed by atoms with Gasteiger partial charge in [0, 0.05) is 35.0 Å².